The van der Waals surface area contributed by atoms with Gasteiger partial charge in [-0.2, -0.15) is 0 Å². The van der Waals surface area contributed by atoms with Gasteiger partial charge in [-0.15, -0.1) is 0 Å². The molecule has 0 radical (unpaired) electrons. The van der Waals surface area contributed by atoms with Crippen LogP contribution in [0, 0.1) is 11.8 Å². The first-order chi connectivity index (χ1) is 6.40. The van der Waals surface area contributed by atoms with Crippen LogP contribution in [0.5, 0.6) is 0 Å². The van der Waals surface area contributed by atoms with E-state index in [0.717, 1.165) is 5.70 Å². The van der Waals surface area contributed by atoms with Crippen molar-refractivity contribution in [1.29, 1.82) is 0 Å². The molecule has 2 N–H and O–H groups in total. The molecule has 1 nitrogen and oxygen atoms in total. The summed E-state index contributed by atoms with van der Waals surface area (Å²) in [6.45, 7) is 12.9. The monoisotopic (exact) mass is 213 g/mol. The van der Waals surface area contributed by atoms with Crippen molar-refractivity contribution in [2.24, 2.45) is 17.6 Å². The quantitative estimate of drug-likeness (QED) is 0.760. The van der Waals surface area contributed by atoms with E-state index in [1.807, 2.05) is 0 Å². The summed E-state index contributed by atoms with van der Waals surface area (Å²) in [6.07, 6.45) is 2.17. The smallest absolute Gasteiger partial charge is 0.0204 e. The lowest BCUT2D eigenvalue weighted by molar-refractivity contribution is 0.752. The van der Waals surface area contributed by atoms with E-state index < -0.39 is 0 Å². The molecule has 0 fully saturated rings. The van der Waals surface area contributed by atoms with Gasteiger partial charge in [0, 0.05) is 10.6 Å². The van der Waals surface area contributed by atoms with E-state index in [9.17, 15) is 0 Å². The van der Waals surface area contributed by atoms with Gasteiger partial charge in [-0.3, -0.25) is 0 Å². The zero-order valence-electron chi connectivity index (χ0n) is 10.2. The number of rotatable bonds is 4. The summed E-state index contributed by atoms with van der Waals surface area (Å²) in [5.41, 5.74) is 7.00. The number of allylic oxidation sites excluding steroid dienone is 4. The summed E-state index contributed by atoms with van der Waals surface area (Å²) in [5.74, 6) is 1.02. The molecule has 0 heterocycles. The first-order valence-corrected chi connectivity index (χ1v) is 6.02. The van der Waals surface area contributed by atoms with Gasteiger partial charge in [0.2, 0.25) is 0 Å². The minimum Gasteiger partial charge on any atom is -0.401 e. The molecule has 0 aliphatic heterocycles. The van der Waals surface area contributed by atoms with Gasteiger partial charge >= 0.3 is 0 Å². The first kappa shape index (κ1) is 13.6. The van der Waals surface area contributed by atoms with E-state index in [0.29, 0.717) is 11.8 Å². The molecule has 0 aromatic carbocycles. The Morgan fingerprint density at radius 3 is 1.93 bits per heavy atom. The molecule has 0 spiro atoms. The minimum atomic E-state index is 0.438. The maximum atomic E-state index is 5.99. The zero-order valence-corrected chi connectivity index (χ0v) is 11.0. The normalized spacial score (nSPS) is 15.0. The summed E-state index contributed by atoms with van der Waals surface area (Å²) in [4.78, 5) is 2.63. The minimum absolute atomic E-state index is 0.438. The predicted molar refractivity (Wildman–Crippen MR) is 67.9 cm³/mol. The first-order valence-electron chi connectivity index (χ1n) is 5.20. The van der Waals surface area contributed by atoms with Crippen LogP contribution in [0.15, 0.2) is 21.6 Å². The van der Waals surface area contributed by atoms with Crippen LogP contribution in [0.2, 0.25) is 0 Å². The topological polar surface area (TPSA) is 26.0 Å². The van der Waals surface area contributed by atoms with Gasteiger partial charge in [0.15, 0.2) is 0 Å². The number of hydrogen-bond donors (Lipinski definition) is 1. The summed E-state index contributed by atoms with van der Waals surface area (Å²) in [7, 11) is 0. The fourth-order valence-corrected chi connectivity index (χ4v) is 2.21. The lowest BCUT2D eigenvalue weighted by Crippen LogP contribution is -2.07. The number of hydrogen-bond acceptors (Lipinski definition) is 2. The number of nitrogens with two attached hydrogens (primary N) is 1. The fourth-order valence-electron chi connectivity index (χ4n) is 1.15. The molecular formula is C12H23NS. The van der Waals surface area contributed by atoms with Crippen molar-refractivity contribution >= 4 is 11.8 Å². The molecule has 0 aliphatic carbocycles. The Morgan fingerprint density at radius 1 is 1.14 bits per heavy atom. The largest absolute Gasteiger partial charge is 0.401 e. The lowest BCUT2D eigenvalue weighted by Gasteiger charge is -2.14. The van der Waals surface area contributed by atoms with Crippen LogP contribution in [0.4, 0.5) is 0 Å². The summed E-state index contributed by atoms with van der Waals surface area (Å²) >= 11 is 1.80. The third-order valence-corrected chi connectivity index (χ3v) is 3.64. The molecule has 0 amide bonds. The average molecular weight is 213 g/mol. The van der Waals surface area contributed by atoms with Crippen molar-refractivity contribution in [1.82, 2.24) is 0 Å². The third kappa shape index (κ3) is 4.23. The van der Waals surface area contributed by atoms with E-state index in [1.54, 1.807) is 11.8 Å². The van der Waals surface area contributed by atoms with Crippen molar-refractivity contribution in [3.05, 3.63) is 21.6 Å². The highest BCUT2D eigenvalue weighted by molar-refractivity contribution is 8.06. The van der Waals surface area contributed by atoms with Crippen LogP contribution in [0.1, 0.15) is 41.5 Å². The second-order valence-corrected chi connectivity index (χ2v) is 5.40. The van der Waals surface area contributed by atoms with Crippen LogP contribution in [0.25, 0.3) is 0 Å². The van der Waals surface area contributed by atoms with Crippen LogP contribution in [0.3, 0.4) is 0 Å². The van der Waals surface area contributed by atoms with Gasteiger partial charge in [0.05, 0.1) is 0 Å². The molecule has 0 aromatic heterocycles. The standard InChI is InChI=1S/C12H23NS/c1-7-11(8(2)3)14-10(6)12(13)9(4)5/h7-9H,13H2,1-6H3/b11-7-,12-10-. The lowest BCUT2D eigenvalue weighted by atomic mass is 10.1. The fraction of sp³-hybridized carbons (Fsp3) is 0.667. The zero-order chi connectivity index (χ0) is 11.3. The Labute approximate surface area is 92.8 Å². The molecule has 0 bridgehead atoms. The van der Waals surface area contributed by atoms with E-state index in [4.69, 9.17) is 5.73 Å². The molecule has 0 rings (SSSR count). The van der Waals surface area contributed by atoms with Crippen molar-refractivity contribution in [2.75, 3.05) is 0 Å². The van der Waals surface area contributed by atoms with Crippen LogP contribution in [-0.4, -0.2) is 0 Å². The highest BCUT2D eigenvalue weighted by Crippen LogP contribution is 2.32. The SMILES string of the molecule is C/C=C(\S/C(C)=C(\N)C(C)C)C(C)C. The maximum absolute atomic E-state index is 5.99. The highest BCUT2D eigenvalue weighted by atomic mass is 32.2. The van der Waals surface area contributed by atoms with Gasteiger partial charge < -0.3 is 5.73 Å². The van der Waals surface area contributed by atoms with Gasteiger partial charge in [0.25, 0.3) is 0 Å². The van der Waals surface area contributed by atoms with Crippen molar-refractivity contribution < 1.29 is 0 Å². The summed E-state index contributed by atoms with van der Waals surface area (Å²) in [6, 6.07) is 0. The molecule has 0 aromatic rings. The second-order valence-electron chi connectivity index (χ2n) is 4.11. The van der Waals surface area contributed by atoms with E-state index in [-0.39, 0.29) is 0 Å². The van der Waals surface area contributed by atoms with Crippen molar-refractivity contribution in [2.45, 2.75) is 41.5 Å². The van der Waals surface area contributed by atoms with Gasteiger partial charge in [-0.25, -0.2) is 0 Å². The van der Waals surface area contributed by atoms with Gasteiger partial charge in [-0.1, -0.05) is 45.5 Å². The average Bonchev–Trinajstić information content (AvgIpc) is 2.11. The predicted octanol–water partition coefficient (Wildman–Crippen LogP) is 4.13. The Kier molecular flexibility index (Phi) is 6.01. The molecule has 0 saturated heterocycles. The van der Waals surface area contributed by atoms with E-state index >= 15 is 0 Å². The Hall–Kier alpha value is -0.370. The second kappa shape index (κ2) is 6.18. The van der Waals surface area contributed by atoms with Gasteiger partial charge in [-0.05, 0) is 30.6 Å². The van der Waals surface area contributed by atoms with Crippen molar-refractivity contribution in [3.8, 4) is 0 Å². The molecule has 0 unspecified atom stereocenters. The molecule has 14 heavy (non-hydrogen) atoms. The van der Waals surface area contributed by atoms with Crippen LogP contribution >= 0.6 is 11.8 Å². The van der Waals surface area contributed by atoms with E-state index in [1.165, 1.54) is 9.81 Å². The Bertz CT molecular complexity index is 237. The summed E-state index contributed by atoms with van der Waals surface area (Å²) < 4.78 is 0. The van der Waals surface area contributed by atoms with E-state index in [2.05, 4.69) is 47.6 Å². The van der Waals surface area contributed by atoms with Crippen molar-refractivity contribution in [3.63, 3.8) is 0 Å². The summed E-state index contributed by atoms with van der Waals surface area (Å²) in [5, 5.41) is 0. The Morgan fingerprint density at radius 2 is 1.64 bits per heavy atom. The highest BCUT2D eigenvalue weighted by Gasteiger charge is 2.08. The molecule has 82 valence electrons. The molecule has 0 saturated carbocycles. The van der Waals surface area contributed by atoms with Crippen LogP contribution in [-0.2, 0) is 0 Å². The van der Waals surface area contributed by atoms with Gasteiger partial charge in [0.1, 0.15) is 0 Å². The Balaban J connectivity index is 4.60. The molecule has 0 aliphatic rings. The molecular weight excluding hydrogens is 190 g/mol. The van der Waals surface area contributed by atoms with Crippen LogP contribution < -0.4 is 5.73 Å². The third-order valence-electron chi connectivity index (χ3n) is 2.15. The molecule has 0 atom stereocenters. The maximum Gasteiger partial charge on any atom is 0.0204 e. The molecule has 2 heteroatoms. The number of thioether (sulfide) groups is 1.